The fraction of sp³-hybridized carbons (Fsp3) is 0.0625. The third-order valence-electron chi connectivity index (χ3n) is 3.31. The van der Waals surface area contributed by atoms with E-state index in [1.165, 1.54) is 0 Å². The van der Waals surface area contributed by atoms with Crippen LogP contribution in [0.4, 0.5) is 17.1 Å². The molecule has 0 saturated heterocycles. The molecule has 0 aliphatic heterocycles. The molecule has 3 nitrogen and oxygen atoms in total. The van der Waals surface area contributed by atoms with Gasteiger partial charge in [0.15, 0.2) is 0 Å². The van der Waals surface area contributed by atoms with Crippen molar-refractivity contribution < 1.29 is 0 Å². The zero-order valence-corrected chi connectivity index (χ0v) is 14.5. The standard InChI is InChI=1S/C16H13Br2N3/c1-9-3-2-4-14(15(9)18)21-16-11-7-10(17)5-6-13(11)20-8-12(16)19/h2-8H,19H2,1H3,(H,20,21). The Labute approximate surface area is 139 Å². The number of halogens is 2. The molecule has 0 amide bonds. The Morgan fingerprint density at radius 3 is 2.76 bits per heavy atom. The lowest BCUT2D eigenvalue weighted by molar-refractivity contribution is 1.39. The molecular weight excluding hydrogens is 394 g/mol. The highest BCUT2D eigenvalue weighted by molar-refractivity contribution is 9.11. The Morgan fingerprint density at radius 1 is 1.14 bits per heavy atom. The van der Waals surface area contributed by atoms with Crippen molar-refractivity contribution in [3.63, 3.8) is 0 Å². The lowest BCUT2D eigenvalue weighted by Crippen LogP contribution is -2.00. The van der Waals surface area contributed by atoms with E-state index in [1.807, 2.05) is 30.3 Å². The smallest absolute Gasteiger partial charge is 0.0746 e. The number of nitrogens with two attached hydrogens (primary N) is 1. The molecule has 1 aromatic heterocycles. The summed E-state index contributed by atoms with van der Waals surface area (Å²) >= 11 is 7.11. The van der Waals surface area contributed by atoms with Crippen LogP contribution in [0.5, 0.6) is 0 Å². The van der Waals surface area contributed by atoms with E-state index in [0.717, 1.165) is 36.8 Å². The third-order valence-corrected chi connectivity index (χ3v) is 4.86. The van der Waals surface area contributed by atoms with Crippen molar-refractivity contribution in [1.82, 2.24) is 4.98 Å². The number of hydrogen-bond acceptors (Lipinski definition) is 3. The van der Waals surface area contributed by atoms with Crippen LogP contribution in [0, 0.1) is 6.92 Å². The van der Waals surface area contributed by atoms with Gasteiger partial charge in [-0.15, -0.1) is 0 Å². The summed E-state index contributed by atoms with van der Waals surface area (Å²) in [5.41, 5.74) is 10.7. The molecule has 0 atom stereocenters. The van der Waals surface area contributed by atoms with Crippen LogP contribution < -0.4 is 11.1 Å². The normalized spacial score (nSPS) is 10.8. The molecule has 0 aliphatic carbocycles. The number of nitrogens with one attached hydrogen (secondary N) is 1. The van der Waals surface area contributed by atoms with Crippen LogP contribution in [-0.4, -0.2) is 4.98 Å². The van der Waals surface area contributed by atoms with Crippen LogP contribution in [0.15, 0.2) is 51.5 Å². The molecule has 0 spiro atoms. The lowest BCUT2D eigenvalue weighted by Gasteiger charge is -2.14. The Morgan fingerprint density at radius 2 is 1.95 bits per heavy atom. The maximum Gasteiger partial charge on any atom is 0.0746 e. The van der Waals surface area contributed by atoms with E-state index in [-0.39, 0.29) is 0 Å². The molecule has 0 saturated carbocycles. The topological polar surface area (TPSA) is 50.9 Å². The first-order valence-electron chi connectivity index (χ1n) is 6.42. The number of hydrogen-bond donors (Lipinski definition) is 2. The number of anilines is 3. The number of fused-ring (bicyclic) bond motifs is 1. The number of nitrogens with zero attached hydrogens (tertiary/aromatic N) is 1. The van der Waals surface area contributed by atoms with Crippen LogP contribution in [0.3, 0.4) is 0 Å². The first-order valence-corrected chi connectivity index (χ1v) is 8.01. The van der Waals surface area contributed by atoms with Crippen LogP contribution in [0.25, 0.3) is 10.9 Å². The zero-order chi connectivity index (χ0) is 15.0. The van der Waals surface area contributed by atoms with Crippen molar-refractivity contribution in [1.29, 1.82) is 0 Å². The summed E-state index contributed by atoms with van der Waals surface area (Å²) in [7, 11) is 0. The number of benzene rings is 2. The fourth-order valence-corrected chi connectivity index (χ4v) is 2.92. The van der Waals surface area contributed by atoms with Gasteiger partial charge in [-0.25, -0.2) is 0 Å². The number of nitrogen functional groups attached to an aromatic ring is 1. The minimum atomic E-state index is 0.619. The van der Waals surface area contributed by atoms with Gasteiger partial charge in [0.05, 0.1) is 28.8 Å². The second kappa shape index (κ2) is 5.66. The van der Waals surface area contributed by atoms with Gasteiger partial charge in [0.1, 0.15) is 0 Å². The summed E-state index contributed by atoms with van der Waals surface area (Å²) in [5.74, 6) is 0. The maximum absolute atomic E-state index is 6.12. The molecule has 0 unspecified atom stereocenters. The van der Waals surface area contributed by atoms with Gasteiger partial charge in [-0.3, -0.25) is 4.98 Å². The molecule has 3 rings (SSSR count). The summed E-state index contributed by atoms with van der Waals surface area (Å²) in [6, 6.07) is 12.0. The summed E-state index contributed by atoms with van der Waals surface area (Å²) in [4.78, 5) is 4.37. The van der Waals surface area contributed by atoms with Gasteiger partial charge in [0, 0.05) is 14.3 Å². The van der Waals surface area contributed by atoms with E-state index in [2.05, 4.69) is 55.2 Å². The lowest BCUT2D eigenvalue weighted by atomic mass is 10.1. The Kier molecular flexibility index (Phi) is 3.87. The molecule has 0 fully saturated rings. The number of aryl methyl sites for hydroxylation is 1. The van der Waals surface area contributed by atoms with Crippen LogP contribution in [0.2, 0.25) is 0 Å². The van der Waals surface area contributed by atoms with Gasteiger partial charge >= 0.3 is 0 Å². The van der Waals surface area contributed by atoms with Crippen molar-refractivity contribution in [2.75, 3.05) is 11.1 Å². The summed E-state index contributed by atoms with van der Waals surface area (Å²) in [6.45, 7) is 2.06. The maximum atomic E-state index is 6.12. The van der Waals surface area contributed by atoms with E-state index in [0.29, 0.717) is 5.69 Å². The zero-order valence-electron chi connectivity index (χ0n) is 11.3. The highest BCUT2D eigenvalue weighted by Crippen LogP contribution is 2.35. The first kappa shape index (κ1) is 14.4. The highest BCUT2D eigenvalue weighted by atomic mass is 79.9. The Balaban J connectivity index is 2.18. The summed E-state index contributed by atoms with van der Waals surface area (Å²) in [6.07, 6.45) is 1.68. The minimum Gasteiger partial charge on any atom is -0.396 e. The van der Waals surface area contributed by atoms with E-state index < -0.39 is 0 Å². The highest BCUT2D eigenvalue weighted by Gasteiger charge is 2.10. The van der Waals surface area contributed by atoms with E-state index in [4.69, 9.17) is 5.73 Å². The summed E-state index contributed by atoms with van der Waals surface area (Å²) in [5, 5.41) is 4.40. The molecule has 5 heteroatoms. The van der Waals surface area contributed by atoms with Crippen molar-refractivity contribution in [3.8, 4) is 0 Å². The van der Waals surface area contributed by atoms with E-state index in [9.17, 15) is 0 Å². The largest absolute Gasteiger partial charge is 0.396 e. The quantitative estimate of drug-likeness (QED) is 0.599. The monoisotopic (exact) mass is 405 g/mol. The average Bonchev–Trinajstić information content (AvgIpc) is 2.46. The number of aromatic nitrogens is 1. The van der Waals surface area contributed by atoms with Crippen LogP contribution >= 0.6 is 31.9 Å². The molecule has 0 bridgehead atoms. The average molecular weight is 407 g/mol. The van der Waals surface area contributed by atoms with E-state index in [1.54, 1.807) is 6.20 Å². The van der Waals surface area contributed by atoms with Gasteiger partial charge in [-0.2, -0.15) is 0 Å². The molecule has 3 aromatic rings. The fourth-order valence-electron chi connectivity index (χ4n) is 2.20. The molecule has 3 N–H and O–H groups in total. The van der Waals surface area contributed by atoms with E-state index >= 15 is 0 Å². The summed E-state index contributed by atoms with van der Waals surface area (Å²) < 4.78 is 2.03. The molecule has 106 valence electrons. The van der Waals surface area contributed by atoms with Crippen molar-refractivity contribution in [2.24, 2.45) is 0 Å². The third kappa shape index (κ3) is 2.76. The second-order valence-corrected chi connectivity index (χ2v) is 6.52. The van der Waals surface area contributed by atoms with Gasteiger partial charge in [-0.05, 0) is 52.7 Å². The molecule has 2 aromatic carbocycles. The Hall–Kier alpha value is -1.59. The predicted molar refractivity (Wildman–Crippen MR) is 96.0 cm³/mol. The number of pyridine rings is 1. The van der Waals surface area contributed by atoms with Crippen molar-refractivity contribution in [3.05, 3.63) is 57.1 Å². The van der Waals surface area contributed by atoms with Crippen molar-refractivity contribution in [2.45, 2.75) is 6.92 Å². The van der Waals surface area contributed by atoms with Gasteiger partial charge in [0.2, 0.25) is 0 Å². The first-order chi connectivity index (χ1) is 10.1. The van der Waals surface area contributed by atoms with Gasteiger partial charge in [0.25, 0.3) is 0 Å². The second-order valence-electron chi connectivity index (χ2n) is 4.81. The molecular formula is C16H13Br2N3. The SMILES string of the molecule is Cc1cccc(Nc2c(N)cnc3ccc(Br)cc23)c1Br. The predicted octanol–water partition coefficient (Wildman–Crippen LogP) is 5.39. The Bertz CT molecular complexity index is 826. The molecule has 0 radical (unpaired) electrons. The molecule has 0 aliphatic rings. The van der Waals surface area contributed by atoms with Crippen LogP contribution in [0.1, 0.15) is 5.56 Å². The van der Waals surface area contributed by atoms with Gasteiger partial charge < -0.3 is 11.1 Å². The van der Waals surface area contributed by atoms with Crippen molar-refractivity contribution >= 4 is 59.8 Å². The molecule has 1 heterocycles. The minimum absolute atomic E-state index is 0.619. The van der Waals surface area contributed by atoms with Crippen LogP contribution in [-0.2, 0) is 0 Å². The van der Waals surface area contributed by atoms with Gasteiger partial charge in [-0.1, -0.05) is 28.1 Å². The molecule has 21 heavy (non-hydrogen) atoms. The number of rotatable bonds is 2.